The maximum Gasteiger partial charge on any atom is 0.195 e. The SMILES string of the molecule is CC(=O)c1nc(-c2ccc(C[C@@H](CCO)CC(=O)c3ccc(OC(C)C)c(Cl)c3)cc2)cn1C. The lowest BCUT2D eigenvalue weighted by Gasteiger charge is -2.16. The van der Waals surface area contributed by atoms with Crippen LogP contribution in [0.3, 0.4) is 0 Å². The molecule has 0 bridgehead atoms. The molecule has 0 aliphatic carbocycles. The molecule has 3 rings (SSSR count). The number of aliphatic hydroxyl groups excluding tert-OH is 1. The standard InChI is InChI=1S/C27H31ClN2O4/c1-17(2)34-26-10-9-22(15-23(26)28)25(33)14-20(11-12-31)13-19-5-7-21(8-6-19)24-16-30(4)27(29-24)18(3)32/h5-10,15-17,20,31H,11-14H2,1-4H3/t20-/m1/s1. The smallest absolute Gasteiger partial charge is 0.195 e. The summed E-state index contributed by atoms with van der Waals surface area (Å²) in [6, 6.07) is 13.0. The zero-order chi connectivity index (χ0) is 24.8. The third kappa shape index (κ3) is 6.55. The van der Waals surface area contributed by atoms with Crippen molar-refractivity contribution in [3.63, 3.8) is 0 Å². The highest BCUT2D eigenvalue weighted by molar-refractivity contribution is 6.32. The molecule has 0 radical (unpaired) electrons. The van der Waals surface area contributed by atoms with Crippen molar-refractivity contribution >= 4 is 23.2 Å². The maximum absolute atomic E-state index is 12.9. The van der Waals surface area contributed by atoms with Gasteiger partial charge in [0.15, 0.2) is 17.4 Å². The number of nitrogens with zero attached hydrogens (tertiary/aromatic N) is 2. The Hall–Kier alpha value is -2.96. The average Bonchev–Trinajstić information content (AvgIpc) is 3.17. The summed E-state index contributed by atoms with van der Waals surface area (Å²) >= 11 is 6.30. The molecule has 3 aromatic rings. The minimum atomic E-state index is -0.0785. The van der Waals surface area contributed by atoms with E-state index in [1.54, 1.807) is 29.8 Å². The van der Waals surface area contributed by atoms with Crippen molar-refractivity contribution in [3.05, 3.63) is 70.6 Å². The minimum absolute atomic E-state index is 0.00626. The Labute approximate surface area is 205 Å². The summed E-state index contributed by atoms with van der Waals surface area (Å²) in [4.78, 5) is 29.0. The van der Waals surface area contributed by atoms with Crippen molar-refractivity contribution in [1.29, 1.82) is 0 Å². The highest BCUT2D eigenvalue weighted by Gasteiger charge is 2.18. The summed E-state index contributed by atoms with van der Waals surface area (Å²) in [6.45, 7) is 5.35. The number of aryl methyl sites for hydroxylation is 1. The Morgan fingerprint density at radius 3 is 2.41 bits per heavy atom. The number of carbonyl (C=O) groups is 2. The maximum atomic E-state index is 12.9. The summed E-state index contributed by atoms with van der Waals surface area (Å²) in [6.07, 6.45) is 3.33. The second kappa shape index (κ2) is 11.4. The summed E-state index contributed by atoms with van der Waals surface area (Å²) in [5.74, 6) is 0.879. The molecule has 7 heteroatoms. The van der Waals surface area contributed by atoms with Gasteiger partial charge in [0.25, 0.3) is 0 Å². The number of halogens is 1. The van der Waals surface area contributed by atoms with Gasteiger partial charge in [-0.1, -0.05) is 35.9 Å². The zero-order valence-corrected chi connectivity index (χ0v) is 20.8. The number of aromatic nitrogens is 2. The molecule has 0 aliphatic rings. The van der Waals surface area contributed by atoms with Gasteiger partial charge in [0.1, 0.15) is 5.75 Å². The van der Waals surface area contributed by atoms with Crippen molar-refractivity contribution in [2.24, 2.45) is 13.0 Å². The predicted molar refractivity (Wildman–Crippen MR) is 134 cm³/mol. The van der Waals surface area contributed by atoms with E-state index in [1.165, 1.54) is 6.92 Å². The van der Waals surface area contributed by atoms with Gasteiger partial charge < -0.3 is 14.4 Å². The second-order valence-corrected chi connectivity index (χ2v) is 9.24. The van der Waals surface area contributed by atoms with E-state index < -0.39 is 0 Å². The minimum Gasteiger partial charge on any atom is -0.489 e. The molecule has 34 heavy (non-hydrogen) atoms. The molecule has 1 N–H and O–H groups in total. The van der Waals surface area contributed by atoms with Gasteiger partial charge in [-0.25, -0.2) is 4.98 Å². The van der Waals surface area contributed by atoms with Crippen LogP contribution in [0, 0.1) is 5.92 Å². The lowest BCUT2D eigenvalue weighted by molar-refractivity contribution is 0.0951. The highest BCUT2D eigenvalue weighted by Crippen LogP contribution is 2.28. The molecular formula is C27H31ClN2O4. The van der Waals surface area contributed by atoms with Crippen molar-refractivity contribution in [2.45, 2.75) is 46.1 Å². The Bertz CT molecular complexity index is 1150. The molecule has 0 spiro atoms. The molecule has 2 aromatic carbocycles. The number of aliphatic hydroxyl groups is 1. The molecule has 1 atom stereocenters. The van der Waals surface area contributed by atoms with Gasteiger partial charge in [0.05, 0.1) is 16.8 Å². The van der Waals surface area contributed by atoms with Crippen molar-refractivity contribution in [3.8, 4) is 17.0 Å². The first kappa shape index (κ1) is 25.7. The zero-order valence-electron chi connectivity index (χ0n) is 20.0. The molecule has 0 saturated heterocycles. The van der Waals surface area contributed by atoms with E-state index in [9.17, 15) is 14.7 Å². The average molecular weight is 483 g/mol. The number of imidazole rings is 1. The Kier molecular flexibility index (Phi) is 8.64. The van der Waals surface area contributed by atoms with E-state index in [0.717, 1.165) is 16.8 Å². The van der Waals surface area contributed by atoms with Crippen LogP contribution in [0.1, 0.15) is 60.2 Å². The first-order valence-corrected chi connectivity index (χ1v) is 11.8. The van der Waals surface area contributed by atoms with Gasteiger partial charge in [0.2, 0.25) is 0 Å². The van der Waals surface area contributed by atoms with Crippen LogP contribution in [0.5, 0.6) is 5.75 Å². The van der Waals surface area contributed by atoms with Crippen LogP contribution >= 0.6 is 11.6 Å². The number of benzene rings is 2. The van der Waals surface area contributed by atoms with Crippen molar-refractivity contribution in [2.75, 3.05) is 6.61 Å². The number of rotatable bonds is 11. The topological polar surface area (TPSA) is 81.4 Å². The largest absolute Gasteiger partial charge is 0.489 e. The number of ketones is 2. The van der Waals surface area contributed by atoms with Crippen LogP contribution < -0.4 is 4.74 Å². The van der Waals surface area contributed by atoms with Gasteiger partial charge in [-0.3, -0.25) is 9.59 Å². The van der Waals surface area contributed by atoms with Crippen molar-refractivity contribution in [1.82, 2.24) is 9.55 Å². The molecule has 1 heterocycles. The van der Waals surface area contributed by atoms with E-state index in [4.69, 9.17) is 16.3 Å². The fraction of sp³-hybridized carbons (Fsp3) is 0.370. The summed E-state index contributed by atoms with van der Waals surface area (Å²) in [5.41, 5.74) is 3.26. The Morgan fingerprint density at radius 2 is 1.85 bits per heavy atom. The van der Waals surface area contributed by atoms with Gasteiger partial charge in [-0.05, 0) is 56.4 Å². The summed E-state index contributed by atoms with van der Waals surface area (Å²) in [7, 11) is 1.80. The van der Waals surface area contributed by atoms with Crippen LogP contribution in [0.2, 0.25) is 5.02 Å². The third-order valence-corrected chi connectivity index (χ3v) is 5.89. The monoisotopic (exact) mass is 482 g/mol. The first-order valence-electron chi connectivity index (χ1n) is 11.4. The number of hydrogen-bond donors (Lipinski definition) is 1. The van der Waals surface area contributed by atoms with Crippen LogP contribution in [0.4, 0.5) is 0 Å². The molecular weight excluding hydrogens is 452 g/mol. The van der Waals surface area contributed by atoms with Crippen LogP contribution in [0.25, 0.3) is 11.3 Å². The van der Waals surface area contributed by atoms with E-state index in [-0.39, 0.29) is 30.2 Å². The molecule has 180 valence electrons. The van der Waals surface area contributed by atoms with Gasteiger partial charge >= 0.3 is 0 Å². The lowest BCUT2D eigenvalue weighted by Crippen LogP contribution is -2.13. The van der Waals surface area contributed by atoms with Gasteiger partial charge in [-0.2, -0.15) is 0 Å². The normalized spacial score (nSPS) is 12.1. The van der Waals surface area contributed by atoms with Crippen molar-refractivity contribution < 1.29 is 19.4 Å². The fourth-order valence-electron chi connectivity index (χ4n) is 3.94. The van der Waals surface area contributed by atoms with Crippen LogP contribution in [-0.2, 0) is 13.5 Å². The summed E-state index contributed by atoms with van der Waals surface area (Å²) < 4.78 is 7.37. The number of hydrogen-bond acceptors (Lipinski definition) is 5. The molecule has 0 saturated carbocycles. The van der Waals surface area contributed by atoms with E-state index in [0.29, 0.717) is 41.4 Å². The molecule has 1 aromatic heterocycles. The molecule has 0 amide bonds. The molecule has 0 aliphatic heterocycles. The third-order valence-electron chi connectivity index (χ3n) is 5.59. The second-order valence-electron chi connectivity index (χ2n) is 8.84. The number of ether oxygens (including phenoxy) is 1. The number of Topliss-reactive ketones (excluding diaryl/α,β-unsaturated/α-hetero) is 2. The van der Waals surface area contributed by atoms with Gasteiger partial charge in [-0.15, -0.1) is 0 Å². The molecule has 0 unspecified atom stereocenters. The van der Waals surface area contributed by atoms with Gasteiger partial charge in [0, 0.05) is 44.3 Å². The summed E-state index contributed by atoms with van der Waals surface area (Å²) in [5, 5.41) is 9.95. The Balaban J connectivity index is 1.69. The highest BCUT2D eigenvalue weighted by atomic mass is 35.5. The van der Waals surface area contributed by atoms with Crippen LogP contribution in [0.15, 0.2) is 48.7 Å². The number of carbonyl (C=O) groups excluding carboxylic acids is 2. The molecule has 6 nitrogen and oxygen atoms in total. The molecule has 0 fully saturated rings. The van der Waals surface area contributed by atoms with E-state index in [1.807, 2.05) is 44.3 Å². The predicted octanol–water partition coefficient (Wildman–Crippen LogP) is 5.54. The lowest BCUT2D eigenvalue weighted by atomic mass is 9.89. The Morgan fingerprint density at radius 1 is 1.15 bits per heavy atom. The fourth-order valence-corrected chi connectivity index (χ4v) is 4.17. The van der Waals surface area contributed by atoms with E-state index in [2.05, 4.69) is 4.98 Å². The quantitative estimate of drug-likeness (QED) is 0.362. The van der Waals surface area contributed by atoms with Crippen LogP contribution in [-0.4, -0.2) is 38.9 Å². The van der Waals surface area contributed by atoms with E-state index >= 15 is 0 Å². The first-order chi connectivity index (χ1) is 16.2.